The van der Waals surface area contributed by atoms with Crippen molar-refractivity contribution < 1.29 is 13.3 Å². The summed E-state index contributed by atoms with van der Waals surface area (Å²) in [6.07, 6.45) is 0. The second-order valence-corrected chi connectivity index (χ2v) is 7.22. The van der Waals surface area contributed by atoms with Crippen LogP contribution in [-0.4, -0.2) is 13.3 Å². The molecular weight excluding hydrogens is 316 g/mol. The number of rotatable bonds is 6. The van der Waals surface area contributed by atoms with Crippen molar-refractivity contribution in [2.45, 2.75) is 24.8 Å². The molecular formula is C16H18N2O4S. The van der Waals surface area contributed by atoms with Crippen molar-refractivity contribution in [2.24, 2.45) is 5.92 Å². The fraction of sp³-hybridized carbons (Fsp3) is 0.250. The van der Waals surface area contributed by atoms with E-state index in [9.17, 15) is 18.5 Å². The van der Waals surface area contributed by atoms with E-state index in [1.165, 1.54) is 24.3 Å². The fourth-order valence-electron chi connectivity index (χ4n) is 2.23. The molecule has 0 amide bonds. The van der Waals surface area contributed by atoms with Crippen LogP contribution in [0.25, 0.3) is 0 Å². The molecule has 2 aromatic carbocycles. The van der Waals surface area contributed by atoms with E-state index in [0.717, 1.165) is 5.56 Å². The SMILES string of the molecule is CC(C)C(NS(=O)(=O)c1ccc([N+](=O)[O-])cc1)c1ccccc1. The summed E-state index contributed by atoms with van der Waals surface area (Å²) in [5, 5.41) is 10.7. The van der Waals surface area contributed by atoms with Crippen LogP contribution in [-0.2, 0) is 10.0 Å². The fourth-order valence-corrected chi connectivity index (χ4v) is 3.60. The molecule has 0 saturated heterocycles. The predicted octanol–water partition coefficient (Wildman–Crippen LogP) is 3.27. The molecule has 0 radical (unpaired) electrons. The number of nitrogens with one attached hydrogen (secondary N) is 1. The van der Waals surface area contributed by atoms with E-state index in [1.807, 2.05) is 44.2 Å². The minimum atomic E-state index is -3.77. The molecule has 122 valence electrons. The largest absolute Gasteiger partial charge is 0.269 e. The van der Waals surface area contributed by atoms with Gasteiger partial charge in [-0.25, -0.2) is 13.1 Å². The number of benzene rings is 2. The monoisotopic (exact) mass is 334 g/mol. The Morgan fingerprint density at radius 2 is 1.57 bits per heavy atom. The van der Waals surface area contributed by atoms with E-state index in [1.54, 1.807) is 0 Å². The second-order valence-electron chi connectivity index (χ2n) is 5.50. The van der Waals surface area contributed by atoms with Crippen molar-refractivity contribution in [3.05, 3.63) is 70.3 Å². The van der Waals surface area contributed by atoms with Crippen molar-refractivity contribution in [1.82, 2.24) is 4.72 Å². The van der Waals surface area contributed by atoms with Crippen LogP contribution in [0.1, 0.15) is 25.5 Å². The number of sulfonamides is 1. The molecule has 1 atom stereocenters. The standard InChI is InChI=1S/C16H18N2O4S/c1-12(2)16(13-6-4-3-5-7-13)17-23(21,22)15-10-8-14(9-11-15)18(19)20/h3-12,16-17H,1-2H3. The van der Waals surface area contributed by atoms with Gasteiger partial charge in [-0.05, 0) is 23.6 Å². The first kappa shape index (κ1) is 17.1. The molecule has 0 saturated carbocycles. The number of hydrogen-bond acceptors (Lipinski definition) is 4. The Hall–Kier alpha value is -2.25. The van der Waals surface area contributed by atoms with Crippen LogP contribution in [0.5, 0.6) is 0 Å². The lowest BCUT2D eigenvalue weighted by Crippen LogP contribution is -2.31. The zero-order valence-electron chi connectivity index (χ0n) is 12.8. The Labute approximate surface area is 135 Å². The van der Waals surface area contributed by atoms with Gasteiger partial charge in [-0.15, -0.1) is 0 Å². The summed E-state index contributed by atoms with van der Waals surface area (Å²) in [4.78, 5) is 10.1. The molecule has 0 aliphatic rings. The number of nitro benzene ring substituents is 1. The van der Waals surface area contributed by atoms with Crippen LogP contribution in [0.15, 0.2) is 59.5 Å². The highest BCUT2D eigenvalue weighted by atomic mass is 32.2. The summed E-state index contributed by atoms with van der Waals surface area (Å²) < 4.78 is 27.7. The molecule has 0 fully saturated rings. The third kappa shape index (κ3) is 4.14. The van der Waals surface area contributed by atoms with Crippen LogP contribution in [0.4, 0.5) is 5.69 Å². The summed E-state index contributed by atoms with van der Waals surface area (Å²) in [7, 11) is -3.77. The molecule has 0 aromatic heterocycles. The van der Waals surface area contributed by atoms with E-state index in [2.05, 4.69) is 4.72 Å². The van der Waals surface area contributed by atoms with Gasteiger partial charge in [0.05, 0.1) is 9.82 Å². The topological polar surface area (TPSA) is 89.3 Å². The molecule has 1 unspecified atom stereocenters. The summed E-state index contributed by atoms with van der Waals surface area (Å²) in [5.74, 6) is 0.0465. The third-order valence-electron chi connectivity index (χ3n) is 3.47. The lowest BCUT2D eigenvalue weighted by Gasteiger charge is -2.22. The van der Waals surface area contributed by atoms with Crippen molar-refractivity contribution in [2.75, 3.05) is 0 Å². The molecule has 0 spiro atoms. The maximum atomic E-state index is 12.5. The van der Waals surface area contributed by atoms with Gasteiger partial charge in [0.25, 0.3) is 5.69 Å². The summed E-state index contributed by atoms with van der Waals surface area (Å²) in [6, 6.07) is 13.8. The Bertz CT molecular complexity index is 771. The molecule has 0 heterocycles. The highest BCUT2D eigenvalue weighted by molar-refractivity contribution is 7.89. The highest BCUT2D eigenvalue weighted by Crippen LogP contribution is 2.24. The highest BCUT2D eigenvalue weighted by Gasteiger charge is 2.24. The zero-order chi connectivity index (χ0) is 17.0. The van der Waals surface area contributed by atoms with Crippen molar-refractivity contribution in [3.8, 4) is 0 Å². The zero-order valence-corrected chi connectivity index (χ0v) is 13.7. The van der Waals surface area contributed by atoms with Crippen molar-refractivity contribution in [3.63, 3.8) is 0 Å². The molecule has 1 N–H and O–H groups in total. The van der Waals surface area contributed by atoms with Gasteiger partial charge >= 0.3 is 0 Å². The number of nitrogens with zero attached hydrogens (tertiary/aromatic N) is 1. The average molecular weight is 334 g/mol. The first-order valence-electron chi connectivity index (χ1n) is 7.13. The van der Waals surface area contributed by atoms with E-state index >= 15 is 0 Å². The minimum absolute atomic E-state index is 0.00433. The van der Waals surface area contributed by atoms with Crippen LogP contribution in [0.2, 0.25) is 0 Å². The lowest BCUT2D eigenvalue weighted by atomic mass is 9.97. The van der Waals surface area contributed by atoms with Gasteiger partial charge in [0.1, 0.15) is 0 Å². The quantitative estimate of drug-likeness (QED) is 0.648. The Balaban J connectivity index is 2.29. The van der Waals surface area contributed by atoms with Crippen molar-refractivity contribution >= 4 is 15.7 Å². The van der Waals surface area contributed by atoms with E-state index in [0.29, 0.717) is 0 Å². The van der Waals surface area contributed by atoms with Gasteiger partial charge in [0.2, 0.25) is 10.0 Å². The second kappa shape index (κ2) is 6.89. The van der Waals surface area contributed by atoms with Gasteiger partial charge in [0.15, 0.2) is 0 Å². The van der Waals surface area contributed by atoms with Crippen LogP contribution in [0, 0.1) is 16.0 Å². The molecule has 2 rings (SSSR count). The first-order chi connectivity index (χ1) is 10.8. The van der Waals surface area contributed by atoms with Gasteiger partial charge in [-0.1, -0.05) is 44.2 Å². The number of nitro groups is 1. The van der Waals surface area contributed by atoms with E-state index in [4.69, 9.17) is 0 Å². The maximum Gasteiger partial charge on any atom is 0.269 e. The summed E-state index contributed by atoms with van der Waals surface area (Å²) in [6.45, 7) is 3.85. The van der Waals surface area contributed by atoms with Gasteiger partial charge in [0, 0.05) is 18.2 Å². The summed E-state index contributed by atoms with van der Waals surface area (Å²) >= 11 is 0. The van der Waals surface area contributed by atoms with Gasteiger partial charge in [-0.2, -0.15) is 0 Å². The minimum Gasteiger partial charge on any atom is -0.258 e. The number of non-ortho nitro benzene ring substituents is 1. The maximum absolute atomic E-state index is 12.5. The van der Waals surface area contributed by atoms with Crippen molar-refractivity contribution in [1.29, 1.82) is 0 Å². The molecule has 6 nitrogen and oxygen atoms in total. The molecule has 0 aliphatic carbocycles. The summed E-state index contributed by atoms with van der Waals surface area (Å²) in [5.41, 5.74) is 0.723. The van der Waals surface area contributed by atoms with E-state index in [-0.39, 0.29) is 22.5 Å². The van der Waals surface area contributed by atoms with E-state index < -0.39 is 14.9 Å². The number of hydrogen-bond donors (Lipinski definition) is 1. The lowest BCUT2D eigenvalue weighted by molar-refractivity contribution is -0.384. The van der Waals surface area contributed by atoms with Crippen LogP contribution >= 0.6 is 0 Å². The molecule has 0 aliphatic heterocycles. The Kier molecular flexibility index (Phi) is 5.12. The van der Waals surface area contributed by atoms with Gasteiger partial charge < -0.3 is 0 Å². The average Bonchev–Trinajstić information content (AvgIpc) is 2.53. The van der Waals surface area contributed by atoms with Gasteiger partial charge in [-0.3, -0.25) is 10.1 Å². The Morgan fingerprint density at radius 1 is 1.00 bits per heavy atom. The first-order valence-corrected chi connectivity index (χ1v) is 8.61. The normalized spacial score (nSPS) is 13.0. The molecule has 7 heteroatoms. The molecule has 0 bridgehead atoms. The molecule has 23 heavy (non-hydrogen) atoms. The van der Waals surface area contributed by atoms with Crippen LogP contribution in [0.3, 0.4) is 0 Å². The Morgan fingerprint density at radius 3 is 2.04 bits per heavy atom. The predicted molar refractivity (Wildman–Crippen MR) is 87.4 cm³/mol. The third-order valence-corrected chi connectivity index (χ3v) is 4.92. The van der Waals surface area contributed by atoms with Crippen LogP contribution < -0.4 is 4.72 Å². The molecule has 2 aromatic rings. The smallest absolute Gasteiger partial charge is 0.258 e.